The summed E-state index contributed by atoms with van der Waals surface area (Å²) in [7, 11) is 1.81. The molecule has 0 saturated heterocycles. The first-order chi connectivity index (χ1) is 9.49. The van der Waals surface area contributed by atoms with E-state index < -0.39 is 5.41 Å². The summed E-state index contributed by atoms with van der Waals surface area (Å²) in [5, 5.41) is 12.2. The predicted molar refractivity (Wildman–Crippen MR) is 82.8 cm³/mol. The van der Waals surface area contributed by atoms with E-state index in [9.17, 15) is 4.79 Å². The monoisotopic (exact) mass is 285 g/mol. The van der Waals surface area contributed by atoms with Crippen LogP contribution in [0.2, 0.25) is 0 Å². The van der Waals surface area contributed by atoms with Gasteiger partial charge in [-0.3, -0.25) is 4.79 Å². The molecular formula is C15H31N3O2. The number of carbonyl (C=O) groups is 1. The Morgan fingerprint density at radius 3 is 2.10 bits per heavy atom. The van der Waals surface area contributed by atoms with Crippen LogP contribution >= 0.6 is 0 Å². The fourth-order valence-corrected chi connectivity index (χ4v) is 2.72. The molecule has 0 aromatic heterocycles. The van der Waals surface area contributed by atoms with Crippen LogP contribution < -0.4 is 5.73 Å². The Morgan fingerprint density at radius 2 is 1.70 bits per heavy atom. The van der Waals surface area contributed by atoms with E-state index >= 15 is 0 Å². The molecule has 0 saturated carbocycles. The van der Waals surface area contributed by atoms with Crippen molar-refractivity contribution >= 4 is 11.7 Å². The summed E-state index contributed by atoms with van der Waals surface area (Å²) in [5.74, 6) is 0.0288. The third-order valence-electron chi connectivity index (χ3n) is 3.80. The molecule has 0 aliphatic heterocycles. The number of oxime groups is 1. The Labute approximate surface area is 123 Å². The lowest BCUT2D eigenvalue weighted by atomic mass is 9.76. The fourth-order valence-electron chi connectivity index (χ4n) is 2.72. The number of unbranched alkanes of at least 4 members (excludes halogenated alkanes) is 2. The van der Waals surface area contributed by atoms with E-state index in [0.29, 0.717) is 12.8 Å². The Balaban J connectivity index is 5.12. The second-order valence-electron chi connectivity index (χ2n) is 5.50. The molecule has 3 N–H and O–H groups in total. The molecule has 0 bridgehead atoms. The molecule has 5 nitrogen and oxygen atoms in total. The zero-order valence-corrected chi connectivity index (χ0v) is 13.5. The summed E-state index contributed by atoms with van der Waals surface area (Å²) in [6.45, 7) is 6.89. The number of nitrogens with zero attached hydrogens (tertiary/aromatic N) is 2. The van der Waals surface area contributed by atoms with E-state index in [4.69, 9.17) is 10.9 Å². The Morgan fingerprint density at radius 1 is 1.15 bits per heavy atom. The molecule has 0 spiro atoms. The topological polar surface area (TPSA) is 78.9 Å². The predicted octanol–water partition coefficient (Wildman–Crippen LogP) is 2.97. The standard InChI is InChI=1S/C15H31N3O2/c1-5-8-9-12-18(4)14(19)15(10-6-2,11-7-3)13(16)17-20/h20H,5-12H2,1-4H3,(H2,16,17). The SMILES string of the molecule is CCCCCN(C)C(=O)C(CCC)(CCC)C(N)=NO. The number of amidine groups is 1. The molecule has 0 rings (SSSR count). The quantitative estimate of drug-likeness (QED) is 0.213. The van der Waals surface area contributed by atoms with Gasteiger partial charge in [-0.1, -0.05) is 51.6 Å². The number of nitrogens with two attached hydrogens (primary N) is 1. The molecule has 20 heavy (non-hydrogen) atoms. The molecule has 0 radical (unpaired) electrons. The third-order valence-corrected chi connectivity index (χ3v) is 3.80. The van der Waals surface area contributed by atoms with Crippen molar-refractivity contribution in [1.82, 2.24) is 4.90 Å². The highest BCUT2D eigenvalue weighted by molar-refractivity contribution is 6.06. The van der Waals surface area contributed by atoms with Crippen molar-refractivity contribution in [2.75, 3.05) is 13.6 Å². The minimum absolute atomic E-state index is 0.0207. The molecule has 0 atom stereocenters. The van der Waals surface area contributed by atoms with Crippen LogP contribution in [0.3, 0.4) is 0 Å². The largest absolute Gasteiger partial charge is 0.409 e. The van der Waals surface area contributed by atoms with E-state index in [2.05, 4.69) is 12.1 Å². The van der Waals surface area contributed by atoms with Crippen LogP contribution in [0, 0.1) is 5.41 Å². The fraction of sp³-hybridized carbons (Fsp3) is 0.867. The van der Waals surface area contributed by atoms with Gasteiger partial charge in [0.25, 0.3) is 0 Å². The highest BCUT2D eigenvalue weighted by Crippen LogP contribution is 2.32. The highest BCUT2D eigenvalue weighted by atomic mass is 16.4. The Bertz CT molecular complexity index is 310. The number of hydrogen-bond donors (Lipinski definition) is 2. The molecule has 0 heterocycles. The van der Waals surface area contributed by atoms with Gasteiger partial charge in [0.1, 0.15) is 5.41 Å². The van der Waals surface area contributed by atoms with Crippen molar-refractivity contribution in [1.29, 1.82) is 0 Å². The van der Waals surface area contributed by atoms with Crippen molar-refractivity contribution < 1.29 is 10.0 Å². The second kappa shape index (κ2) is 9.61. The van der Waals surface area contributed by atoms with Gasteiger partial charge in [0, 0.05) is 13.6 Å². The number of hydrogen-bond acceptors (Lipinski definition) is 3. The van der Waals surface area contributed by atoms with Crippen LogP contribution in [0.1, 0.15) is 65.7 Å². The molecule has 0 aromatic carbocycles. The molecule has 0 unspecified atom stereocenters. The normalized spacial score (nSPS) is 12.5. The van der Waals surface area contributed by atoms with Gasteiger partial charge in [0.15, 0.2) is 5.84 Å². The molecule has 0 fully saturated rings. The van der Waals surface area contributed by atoms with E-state index in [0.717, 1.165) is 38.6 Å². The first-order valence-electron chi connectivity index (χ1n) is 7.73. The molecule has 0 aliphatic rings. The van der Waals surface area contributed by atoms with E-state index in [1.165, 1.54) is 0 Å². The van der Waals surface area contributed by atoms with Crippen molar-refractivity contribution in [2.24, 2.45) is 16.3 Å². The molecule has 1 amide bonds. The minimum Gasteiger partial charge on any atom is -0.409 e. The number of carbonyl (C=O) groups excluding carboxylic acids is 1. The van der Waals surface area contributed by atoms with Crippen molar-refractivity contribution in [3.05, 3.63) is 0 Å². The molecule has 118 valence electrons. The smallest absolute Gasteiger partial charge is 0.236 e. The third kappa shape index (κ3) is 4.69. The molecule has 0 aromatic rings. The van der Waals surface area contributed by atoms with Crippen molar-refractivity contribution in [3.63, 3.8) is 0 Å². The lowest BCUT2D eigenvalue weighted by Gasteiger charge is -2.34. The van der Waals surface area contributed by atoms with Gasteiger partial charge in [-0.05, 0) is 19.3 Å². The van der Waals surface area contributed by atoms with Crippen LogP contribution in [0.15, 0.2) is 5.16 Å². The second-order valence-corrected chi connectivity index (χ2v) is 5.50. The minimum atomic E-state index is -0.848. The maximum Gasteiger partial charge on any atom is 0.236 e. The summed E-state index contributed by atoms with van der Waals surface area (Å²) in [6.07, 6.45) is 6.10. The van der Waals surface area contributed by atoms with Crippen LogP contribution in [-0.4, -0.2) is 35.4 Å². The zero-order chi connectivity index (χ0) is 15.6. The first-order valence-corrected chi connectivity index (χ1v) is 7.73. The first kappa shape index (κ1) is 18.7. The maximum absolute atomic E-state index is 12.8. The summed E-state index contributed by atoms with van der Waals surface area (Å²) < 4.78 is 0. The molecular weight excluding hydrogens is 254 g/mol. The summed E-state index contributed by atoms with van der Waals surface area (Å²) in [6, 6.07) is 0. The van der Waals surface area contributed by atoms with Crippen LogP contribution in [-0.2, 0) is 4.79 Å². The number of amides is 1. The Hall–Kier alpha value is -1.26. The average molecular weight is 285 g/mol. The van der Waals surface area contributed by atoms with Crippen molar-refractivity contribution in [3.8, 4) is 0 Å². The van der Waals surface area contributed by atoms with Gasteiger partial charge in [0.2, 0.25) is 5.91 Å². The molecule has 0 aliphatic carbocycles. The summed E-state index contributed by atoms with van der Waals surface area (Å²) in [4.78, 5) is 14.5. The number of rotatable bonds is 10. The van der Waals surface area contributed by atoms with Crippen LogP contribution in [0.5, 0.6) is 0 Å². The van der Waals surface area contributed by atoms with E-state index in [-0.39, 0.29) is 11.7 Å². The lowest BCUT2D eigenvalue weighted by Crippen LogP contribution is -2.50. The lowest BCUT2D eigenvalue weighted by molar-refractivity contribution is -0.138. The summed E-state index contributed by atoms with van der Waals surface area (Å²) in [5.41, 5.74) is 5.02. The van der Waals surface area contributed by atoms with Crippen molar-refractivity contribution in [2.45, 2.75) is 65.7 Å². The average Bonchev–Trinajstić information content (AvgIpc) is 2.45. The maximum atomic E-state index is 12.8. The molecule has 5 heteroatoms. The van der Waals surface area contributed by atoms with E-state index in [1.54, 1.807) is 4.90 Å². The van der Waals surface area contributed by atoms with Crippen LogP contribution in [0.25, 0.3) is 0 Å². The highest BCUT2D eigenvalue weighted by Gasteiger charge is 2.42. The van der Waals surface area contributed by atoms with Gasteiger partial charge in [-0.2, -0.15) is 0 Å². The van der Waals surface area contributed by atoms with Gasteiger partial charge in [0.05, 0.1) is 0 Å². The van der Waals surface area contributed by atoms with Gasteiger partial charge in [-0.25, -0.2) is 0 Å². The van der Waals surface area contributed by atoms with E-state index in [1.807, 2.05) is 20.9 Å². The van der Waals surface area contributed by atoms with Gasteiger partial charge < -0.3 is 15.8 Å². The van der Waals surface area contributed by atoms with Gasteiger partial charge >= 0.3 is 0 Å². The Kier molecular flexibility index (Phi) is 9.01. The summed E-state index contributed by atoms with van der Waals surface area (Å²) >= 11 is 0. The van der Waals surface area contributed by atoms with Gasteiger partial charge in [-0.15, -0.1) is 0 Å². The zero-order valence-electron chi connectivity index (χ0n) is 13.5. The van der Waals surface area contributed by atoms with Crippen LogP contribution in [0.4, 0.5) is 0 Å².